The lowest BCUT2D eigenvalue weighted by Gasteiger charge is -2.21. The molecule has 2 saturated carbocycles. The molecular formula is C32H53NO7. The largest absolute Gasteiger partial charge is 0.519 e. The number of allylic oxidation sites excluding steroid dienone is 4. The topological polar surface area (TPSA) is 114 Å². The molecule has 2 fully saturated rings. The number of carbonyl (C=O) groups is 3. The number of esters is 1. The third kappa shape index (κ3) is 12.9. The Kier molecular flexibility index (Phi) is 11.9. The second kappa shape index (κ2) is 14.0. The predicted octanol–water partition coefficient (Wildman–Crippen LogP) is 7.35. The molecule has 4 aliphatic carbocycles. The highest BCUT2D eigenvalue weighted by molar-refractivity contribution is 5.77. The summed E-state index contributed by atoms with van der Waals surface area (Å²) < 4.78 is 19.1. The molecule has 8 nitrogen and oxygen atoms in total. The predicted molar refractivity (Wildman–Crippen MR) is 155 cm³/mol. The van der Waals surface area contributed by atoms with Gasteiger partial charge >= 0.3 is 18.3 Å². The lowest BCUT2D eigenvalue weighted by Crippen LogP contribution is -2.29. The van der Waals surface area contributed by atoms with E-state index in [2.05, 4.69) is 29.0 Å². The van der Waals surface area contributed by atoms with Gasteiger partial charge in [0.1, 0.15) is 16.8 Å². The van der Waals surface area contributed by atoms with Crippen molar-refractivity contribution in [2.45, 2.75) is 118 Å². The van der Waals surface area contributed by atoms with E-state index in [4.69, 9.17) is 19.9 Å². The molecule has 0 amide bonds. The molecule has 2 N–H and O–H groups in total. The minimum atomic E-state index is -1.06. The Morgan fingerprint density at radius 3 is 1.38 bits per heavy atom. The second-order valence-corrected chi connectivity index (χ2v) is 14.5. The van der Waals surface area contributed by atoms with Crippen LogP contribution in [0.3, 0.4) is 0 Å². The van der Waals surface area contributed by atoms with Crippen molar-refractivity contribution in [3.8, 4) is 0 Å². The second-order valence-electron chi connectivity index (χ2n) is 14.5. The van der Waals surface area contributed by atoms with Crippen LogP contribution >= 0.6 is 0 Å². The van der Waals surface area contributed by atoms with Gasteiger partial charge in [0.25, 0.3) is 0 Å². The zero-order chi connectivity index (χ0) is 30.3. The Morgan fingerprint density at radius 2 is 1.07 bits per heavy atom. The SMILES string of the molecule is CC(C)(C)OC(=O)CCC1CC2C=CC1C2.CC(C)(C)OC(=O)OC(=O)OC(C)(C)C.NCC1CC2C=CC1C2. The van der Waals surface area contributed by atoms with Crippen LogP contribution in [0.25, 0.3) is 0 Å². The molecule has 4 aliphatic rings. The van der Waals surface area contributed by atoms with Gasteiger partial charge in [-0.2, -0.15) is 0 Å². The normalized spacial score (nSPS) is 27.8. The molecule has 0 aromatic rings. The maximum Gasteiger partial charge on any atom is 0.519 e. The highest BCUT2D eigenvalue weighted by atomic mass is 16.8. The van der Waals surface area contributed by atoms with Crippen LogP contribution in [0.4, 0.5) is 9.59 Å². The quantitative estimate of drug-likeness (QED) is 0.163. The minimum Gasteiger partial charge on any atom is -0.460 e. The van der Waals surface area contributed by atoms with Crippen molar-refractivity contribution in [3.05, 3.63) is 24.3 Å². The number of hydrogen-bond acceptors (Lipinski definition) is 8. The molecule has 40 heavy (non-hydrogen) atoms. The van der Waals surface area contributed by atoms with E-state index in [1.165, 1.54) is 25.7 Å². The first kappa shape index (κ1) is 33.9. The van der Waals surface area contributed by atoms with Gasteiger partial charge in [0.2, 0.25) is 0 Å². The zero-order valence-corrected chi connectivity index (χ0v) is 26.2. The Morgan fingerprint density at radius 1 is 0.650 bits per heavy atom. The molecule has 6 atom stereocenters. The Balaban J connectivity index is 0.000000217. The molecule has 4 bridgehead atoms. The third-order valence-corrected chi connectivity index (χ3v) is 7.22. The summed E-state index contributed by atoms with van der Waals surface area (Å²) in [6.45, 7) is 16.7. The first-order chi connectivity index (χ1) is 18.3. The standard InChI is InChI=1S/C14H22O2.C10H18O5.C8H13N/c1-14(2,3)16-13(15)7-6-12-9-10-4-5-11(12)8-10;1-9(2,3)14-7(11)13-8(12)15-10(4,5)6;9-5-8-4-6-1-2-7(8)3-6/h4-5,10-12H,6-9H2,1-3H3;1-6H3;1-2,6-8H,3-5,9H2. The smallest absolute Gasteiger partial charge is 0.460 e. The van der Waals surface area contributed by atoms with Gasteiger partial charge in [0.05, 0.1) is 0 Å². The van der Waals surface area contributed by atoms with Gasteiger partial charge in [0, 0.05) is 6.42 Å². The van der Waals surface area contributed by atoms with Crippen LogP contribution in [0.1, 0.15) is 101 Å². The molecular weight excluding hydrogens is 510 g/mol. The molecule has 8 heteroatoms. The van der Waals surface area contributed by atoms with Gasteiger partial charge in [-0.1, -0.05) is 24.3 Å². The van der Waals surface area contributed by atoms with Crippen molar-refractivity contribution >= 4 is 18.3 Å². The van der Waals surface area contributed by atoms with E-state index in [-0.39, 0.29) is 11.6 Å². The van der Waals surface area contributed by atoms with Crippen LogP contribution in [0.5, 0.6) is 0 Å². The lowest BCUT2D eigenvalue weighted by atomic mass is 9.89. The molecule has 0 saturated heterocycles. The van der Waals surface area contributed by atoms with Gasteiger partial charge < -0.3 is 24.7 Å². The summed E-state index contributed by atoms with van der Waals surface area (Å²) in [7, 11) is 0. The zero-order valence-electron chi connectivity index (χ0n) is 26.2. The highest BCUT2D eigenvalue weighted by Gasteiger charge is 2.36. The molecule has 6 unspecified atom stereocenters. The highest BCUT2D eigenvalue weighted by Crippen LogP contribution is 2.45. The van der Waals surface area contributed by atoms with E-state index in [0.29, 0.717) is 6.42 Å². The van der Waals surface area contributed by atoms with Gasteiger partial charge in [-0.15, -0.1) is 0 Å². The number of fused-ring (bicyclic) bond motifs is 4. The molecule has 0 aromatic carbocycles. The van der Waals surface area contributed by atoms with Crippen molar-refractivity contribution in [3.63, 3.8) is 0 Å². The minimum absolute atomic E-state index is 0.0424. The average Bonchev–Trinajstić information content (AvgIpc) is 3.56. The van der Waals surface area contributed by atoms with E-state index in [9.17, 15) is 14.4 Å². The summed E-state index contributed by atoms with van der Waals surface area (Å²) >= 11 is 0. The molecule has 228 valence electrons. The monoisotopic (exact) mass is 563 g/mol. The van der Waals surface area contributed by atoms with Crippen molar-refractivity contribution in [2.75, 3.05) is 6.54 Å². The van der Waals surface area contributed by atoms with Crippen molar-refractivity contribution in [2.24, 2.45) is 41.2 Å². The fourth-order valence-electron chi connectivity index (χ4n) is 5.70. The van der Waals surface area contributed by atoms with Gasteiger partial charge in [-0.3, -0.25) is 4.79 Å². The number of carbonyl (C=O) groups excluding carboxylic acids is 3. The van der Waals surface area contributed by atoms with Crippen LogP contribution in [0.15, 0.2) is 24.3 Å². The molecule has 0 aliphatic heterocycles. The van der Waals surface area contributed by atoms with Crippen LogP contribution in [0, 0.1) is 35.5 Å². The maximum atomic E-state index is 11.6. The average molecular weight is 564 g/mol. The van der Waals surface area contributed by atoms with Gasteiger partial charge in [-0.25, -0.2) is 9.59 Å². The van der Waals surface area contributed by atoms with Crippen LogP contribution in [-0.4, -0.2) is 41.6 Å². The first-order valence-corrected chi connectivity index (χ1v) is 14.8. The Bertz CT molecular complexity index is 893. The van der Waals surface area contributed by atoms with Gasteiger partial charge in [-0.05, 0) is 136 Å². The number of nitrogens with two attached hydrogens (primary N) is 1. The molecule has 0 radical (unpaired) electrons. The van der Waals surface area contributed by atoms with Gasteiger partial charge in [0.15, 0.2) is 0 Å². The summed E-state index contributed by atoms with van der Waals surface area (Å²) in [4.78, 5) is 33.6. The maximum absolute atomic E-state index is 11.6. The molecule has 0 spiro atoms. The van der Waals surface area contributed by atoms with Crippen molar-refractivity contribution in [1.82, 2.24) is 0 Å². The fourth-order valence-corrected chi connectivity index (χ4v) is 5.70. The number of rotatable bonds is 4. The van der Waals surface area contributed by atoms with E-state index >= 15 is 0 Å². The molecule has 0 heterocycles. The van der Waals surface area contributed by atoms with E-state index in [1.807, 2.05) is 20.8 Å². The van der Waals surface area contributed by atoms with E-state index < -0.39 is 23.5 Å². The lowest BCUT2D eigenvalue weighted by molar-refractivity contribution is -0.155. The number of ether oxygens (including phenoxy) is 4. The summed E-state index contributed by atoms with van der Waals surface area (Å²) in [5.41, 5.74) is 3.85. The van der Waals surface area contributed by atoms with Crippen molar-refractivity contribution < 1.29 is 33.3 Å². The first-order valence-electron chi connectivity index (χ1n) is 14.8. The fraction of sp³-hybridized carbons (Fsp3) is 0.781. The third-order valence-electron chi connectivity index (χ3n) is 7.22. The number of hydrogen-bond donors (Lipinski definition) is 1. The summed E-state index contributed by atoms with van der Waals surface area (Å²) in [5, 5.41) is 0. The van der Waals surface area contributed by atoms with E-state index in [0.717, 1.165) is 48.5 Å². The van der Waals surface area contributed by atoms with E-state index in [1.54, 1.807) is 41.5 Å². The van der Waals surface area contributed by atoms with Crippen LogP contribution in [-0.2, 0) is 23.7 Å². The summed E-state index contributed by atoms with van der Waals surface area (Å²) in [5.74, 6) is 4.78. The van der Waals surface area contributed by atoms with Crippen LogP contribution < -0.4 is 5.73 Å². The molecule has 4 rings (SSSR count). The summed E-state index contributed by atoms with van der Waals surface area (Å²) in [6.07, 6.45) is 14.2. The Labute approximate surface area is 241 Å². The van der Waals surface area contributed by atoms with Crippen molar-refractivity contribution in [1.29, 1.82) is 0 Å². The summed E-state index contributed by atoms with van der Waals surface area (Å²) in [6, 6.07) is 0. The van der Waals surface area contributed by atoms with Crippen LogP contribution in [0.2, 0.25) is 0 Å². The Hall–Kier alpha value is -2.35. The molecule has 0 aromatic heterocycles.